The molecule has 2 aromatic rings. The number of benzene rings is 1. The van der Waals surface area contributed by atoms with E-state index in [9.17, 15) is 4.79 Å². The first-order valence-corrected chi connectivity index (χ1v) is 7.98. The zero-order chi connectivity index (χ0) is 17.6. The van der Waals surface area contributed by atoms with E-state index in [1.165, 1.54) is 5.56 Å². The summed E-state index contributed by atoms with van der Waals surface area (Å²) in [5, 5.41) is 10.4. The van der Waals surface area contributed by atoms with Gasteiger partial charge in [-0.25, -0.2) is 4.79 Å². The van der Waals surface area contributed by atoms with Gasteiger partial charge in [0.1, 0.15) is 11.3 Å². The number of rotatable bonds is 6. The SMILES string of the molecule is CC(C)(C)OC(=O)N(Cc1ccc(CCN)cc1)Cc1cn[nH]n1. The summed E-state index contributed by atoms with van der Waals surface area (Å²) in [4.78, 5) is 14.1. The molecule has 3 N–H and O–H groups in total. The number of aromatic nitrogens is 3. The molecule has 0 bridgehead atoms. The summed E-state index contributed by atoms with van der Waals surface area (Å²) in [6.07, 6.45) is 2.06. The molecule has 7 nitrogen and oxygen atoms in total. The van der Waals surface area contributed by atoms with Crippen molar-refractivity contribution in [3.8, 4) is 0 Å². The fourth-order valence-corrected chi connectivity index (χ4v) is 2.21. The first-order valence-electron chi connectivity index (χ1n) is 7.98. The Hall–Kier alpha value is -2.41. The molecule has 7 heteroatoms. The van der Waals surface area contributed by atoms with Gasteiger partial charge in [0, 0.05) is 6.54 Å². The summed E-state index contributed by atoms with van der Waals surface area (Å²) in [6, 6.07) is 8.08. The number of aromatic amines is 1. The Morgan fingerprint density at radius 3 is 2.42 bits per heavy atom. The molecule has 0 radical (unpaired) electrons. The van der Waals surface area contributed by atoms with Crippen LogP contribution in [0.25, 0.3) is 0 Å². The predicted octanol–water partition coefficient (Wildman–Crippen LogP) is 2.24. The van der Waals surface area contributed by atoms with Crippen LogP contribution < -0.4 is 5.73 Å². The van der Waals surface area contributed by atoms with Crippen LogP contribution in [0.1, 0.15) is 37.6 Å². The standard InChI is InChI=1S/C17H25N5O2/c1-17(2,3)24-16(23)22(12-15-10-19-21-20-15)11-14-6-4-13(5-7-14)8-9-18/h4-7,10H,8-9,11-12,18H2,1-3H3,(H,19,20,21). The topological polar surface area (TPSA) is 97.1 Å². The molecular formula is C17H25N5O2. The number of ether oxygens (including phenoxy) is 1. The number of carbonyl (C=O) groups is 1. The van der Waals surface area contributed by atoms with E-state index >= 15 is 0 Å². The van der Waals surface area contributed by atoms with Gasteiger partial charge in [0.2, 0.25) is 0 Å². The summed E-state index contributed by atoms with van der Waals surface area (Å²) in [6.45, 7) is 6.93. The molecule has 0 fully saturated rings. The van der Waals surface area contributed by atoms with Crippen molar-refractivity contribution in [2.24, 2.45) is 5.73 Å². The summed E-state index contributed by atoms with van der Waals surface area (Å²) >= 11 is 0. The first kappa shape index (κ1) is 17.9. The van der Waals surface area contributed by atoms with Gasteiger partial charge in [0.15, 0.2) is 0 Å². The van der Waals surface area contributed by atoms with E-state index in [2.05, 4.69) is 15.4 Å². The fourth-order valence-electron chi connectivity index (χ4n) is 2.21. The van der Waals surface area contributed by atoms with Gasteiger partial charge in [-0.1, -0.05) is 24.3 Å². The molecule has 0 saturated heterocycles. The third kappa shape index (κ3) is 5.66. The molecule has 0 aliphatic rings. The van der Waals surface area contributed by atoms with E-state index < -0.39 is 5.60 Å². The molecule has 130 valence electrons. The summed E-state index contributed by atoms with van der Waals surface area (Å²) < 4.78 is 5.50. The van der Waals surface area contributed by atoms with Crippen molar-refractivity contribution in [2.45, 2.75) is 45.9 Å². The van der Waals surface area contributed by atoms with E-state index in [4.69, 9.17) is 10.5 Å². The zero-order valence-corrected chi connectivity index (χ0v) is 14.5. The average Bonchev–Trinajstić information content (AvgIpc) is 3.00. The third-order valence-electron chi connectivity index (χ3n) is 3.30. The lowest BCUT2D eigenvalue weighted by molar-refractivity contribution is 0.0214. The minimum absolute atomic E-state index is 0.329. The van der Waals surface area contributed by atoms with Crippen LogP contribution in [0.5, 0.6) is 0 Å². The van der Waals surface area contributed by atoms with Gasteiger partial charge in [-0.2, -0.15) is 15.4 Å². The highest BCUT2D eigenvalue weighted by atomic mass is 16.6. The second-order valence-electron chi connectivity index (χ2n) is 6.65. The molecule has 2 rings (SSSR count). The highest BCUT2D eigenvalue weighted by molar-refractivity contribution is 5.68. The minimum atomic E-state index is -0.551. The van der Waals surface area contributed by atoms with E-state index in [1.807, 2.05) is 45.0 Å². The summed E-state index contributed by atoms with van der Waals surface area (Å²) in [5.41, 5.74) is 7.90. The number of H-pyrrole nitrogens is 1. The average molecular weight is 331 g/mol. The van der Waals surface area contributed by atoms with Gasteiger partial charge in [0.25, 0.3) is 0 Å². The Morgan fingerprint density at radius 2 is 1.88 bits per heavy atom. The maximum Gasteiger partial charge on any atom is 0.410 e. The van der Waals surface area contributed by atoms with E-state index in [0.717, 1.165) is 12.0 Å². The van der Waals surface area contributed by atoms with E-state index in [0.29, 0.717) is 25.3 Å². The molecule has 1 heterocycles. The number of hydrogen-bond acceptors (Lipinski definition) is 5. The van der Waals surface area contributed by atoms with Crippen molar-refractivity contribution in [3.63, 3.8) is 0 Å². The van der Waals surface area contributed by atoms with Gasteiger partial charge in [0.05, 0.1) is 12.7 Å². The van der Waals surface area contributed by atoms with Crippen molar-refractivity contribution in [2.75, 3.05) is 6.54 Å². The van der Waals surface area contributed by atoms with Gasteiger partial charge < -0.3 is 10.5 Å². The first-order chi connectivity index (χ1) is 11.4. The molecule has 1 aromatic heterocycles. The molecule has 0 aliphatic heterocycles. The zero-order valence-electron chi connectivity index (χ0n) is 14.5. The largest absolute Gasteiger partial charge is 0.444 e. The number of amides is 1. The minimum Gasteiger partial charge on any atom is -0.444 e. The highest BCUT2D eigenvalue weighted by Gasteiger charge is 2.23. The van der Waals surface area contributed by atoms with Crippen LogP contribution in [0.3, 0.4) is 0 Å². The second kappa shape index (κ2) is 7.92. The Balaban J connectivity index is 2.10. The van der Waals surface area contributed by atoms with Crippen LogP contribution >= 0.6 is 0 Å². The lowest BCUT2D eigenvalue weighted by Gasteiger charge is -2.27. The molecular weight excluding hydrogens is 306 g/mol. The molecule has 0 atom stereocenters. The van der Waals surface area contributed by atoms with E-state index in [1.54, 1.807) is 11.1 Å². The maximum absolute atomic E-state index is 12.5. The van der Waals surface area contributed by atoms with E-state index in [-0.39, 0.29) is 6.09 Å². The van der Waals surface area contributed by atoms with Crippen LogP contribution in [0.15, 0.2) is 30.5 Å². The van der Waals surface area contributed by atoms with Gasteiger partial charge in [-0.05, 0) is 44.9 Å². The van der Waals surface area contributed by atoms with Crippen molar-refractivity contribution in [1.29, 1.82) is 0 Å². The quantitative estimate of drug-likeness (QED) is 0.846. The Morgan fingerprint density at radius 1 is 1.21 bits per heavy atom. The third-order valence-corrected chi connectivity index (χ3v) is 3.30. The molecule has 1 aromatic carbocycles. The molecule has 0 saturated carbocycles. The monoisotopic (exact) mass is 331 g/mol. The Labute approximate surface area is 142 Å². The number of nitrogens with zero attached hydrogens (tertiary/aromatic N) is 3. The van der Waals surface area contributed by atoms with Crippen molar-refractivity contribution in [3.05, 3.63) is 47.3 Å². The molecule has 24 heavy (non-hydrogen) atoms. The van der Waals surface area contributed by atoms with Crippen LogP contribution in [0, 0.1) is 0 Å². The Bertz CT molecular complexity index is 632. The number of carbonyl (C=O) groups excluding carboxylic acids is 1. The fraction of sp³-hybridized carbons (Fsp3) is 0.471. The molecule has 1 amide bonds. The smallest absolute Gasteiger partial charge is 0.410 e. The maximum atomic E-state index is 12.5. The highest BCUT2D eigenvalue weighted by Crippen LogP contribution is 2.15. The second-order valence-corrected chi connectivity index (χ2v) is 6.65. The van der Waals surface area contributed by atoms with Crippen molar-refractivity contribution >= 4 is 6.09 Å². The molecule has 0 spiro atoms. The lowest BCUT2D eigenvalue weighted by atomic mass is 10.1. The van der Waals surface area contributed by atoms with Crippen LogP contribution in [-0.2, 0) is 24.2 Å². The Kier molecular flexibility index (Phi) is 5.92. The number of nitrogens with one attached hydrogen (secondary N) is 1. The summed E-state index contributed by atoms with van der Waals surface area (Å²) in [7, 11) is 0. The van der Waals surface area contributed by atoms with Crippen molar-refractivity contribution < 1.29 is 9.53 Å². The van der Waals surface area contributed by atoms with Crippen LogP contribution in [-0.4, -0.2) is 38.5 Å². The molecule has 0 unspecified atom stereocenters. The van der Waals surface area contributed by atoms with Crippen LogP contribution in [0.4, 0.5) is 4.79 Å². The van der Waals surface area contributed by atoms with Gasteiger partial charge in [-0.3, -0.25) is 4.90 Å². The normalized spacial score (nSPS) is 11.3. The van der Waals surface area contributed by atoms with Crippen molar-refractivity contribution in [1.82, 2.24) is 20.3 Å². The number of nitrogens with two attached hydrogens (primary N) is 1. The number of hydrogen-bond donors (Lipinski definition) is 2. The summed E-state index contributed by atoms with van der Waals surface area (Å²) in [5.74, 6) is 0. The van der Waals surface area contributed by atoms with Crippen LogP contribution in [0.2, 0.25) is 0 Å². The predicted molar refractivity (Wildman–Crippen MR) is 91.1 cm³/mol. The molecule has 0 aliphatic carbocycles. The lowest BCUT2D eigenvalue weighted by Crippen LogP contribution is -2.36. The van der Waals surface area contributed by atoms with Gasteiger partial charge >= 0.3 is 6.09 Å². The van der Waals surface area contributed by atoms with Gasteiger partial charge in [-0.15, -0.1) is 0 Å².